The summed E-state index contributed by atoms with van der Waals surface area (Å²) >= 11 is 1.70. The molecule has 1 saturated heterocycles. The highest BCUT2D eigenvalue weighted by Gasteiger charge is 2.19. The third-order valence-electron chi connectivity index (χ3n) is 4.38. The molecule has 4 rings (SSSR count). The average molecular weight is 369 g/mol. The average Bonchev–Trinajstić information content (AvgIpc) is 3.14. The lowest BCUT2D eigenvalue weighted by Crippen LogP contribution is -2.36. The first-order valence-electron chi connectivity index (χ1n) is 9.07. The Balaban J connectivity index is 1.78. The summed E-state index contributed by atoms with van der Waals surface area (Å²) in [6.45, 7) is 8.11. The Morgan fingerprint density at radius 1 is 1.19 bits per heavy atom. The molecule has 2 aromatic heterocycles. The number of fused-ring (bicyclic) bond motifs is 1. The van der Waals surface area contributed by atoms with Gasteiger partial charge < -0.3 is 14.4 Å². The van der Waals surface area contributed by atoms with Crippen molar-refractivity contribution in [2.45, 2.75) is 20.3 Å². The van der Waals surface area contributed by atoms with E-state index in [1.54, 1.807) is 11.3 Å². The topological polar surface area (TPSA) is 47.5 Å². The summed E-state index contributed by atoms with van der Waals surface area (Å²) in [5.74, 6) is 2.65. The molecule has 3 heterocycles. The van der Waals surface area contributed by atoms with Gasteiger partial charge >= 0.3 is 0 Å². The van der Waals surface area contributed by atoms with Crippen LogP contribution < -0.4 is 9.64 Å². The van der Waals surface area contributed by atoms with Gasteiger partial charge in [-0.05, 0) is 48.6 Å². The van der Waals surface area contributed by atoms with E-state index in [9.17, 15) is 0 Å². The first-order chi connectivity index (χ1) is 12.7. The summed E-state index contributed by atoms with van der Waals surface area (Å²) in [5.41, 5.74) is 3.15. The second kappa shape index (κ2) is 7.60. The van der Waals surface area contributed by atoms with E-state index >= 15 is 0 Å². The molecule has 0 aliphatic carbocycles. The standard InChI is InChI=1S/C20H23N3O2S/c1-3-7-25-16-12-14(2)11-15(13-16)19-21-17-4-10-26-18(17)20(22-19)23-5-8-24-9-6-23/h4,10-13H,3,5-9H2,1-2H3. The lowest BCUT2D eigenvalue weighted by Gasteiger charge is -2.28. The van der Waals surface area contributed by atoms with Crippen LogP contribution in [-0.2, 0) is 4.74 Å². The van der Waals surface area contributed by atoms with E-state index in [0.717, 1.165) is 71.5 Å². The molecule has 0 amide bonds. The Bertz CT molecular complexity index is 903. The minimum Gasteiger partial charge on any atom is -0.494 e. The molecular formula is C20H23N3O2S. The van der Waals surface area contributed by atoms with E-state index in [1.807, 2.05) is 6.07 Å². The molecule has 0 saturated carbocycles. The second-order valence-electron chi connectivity index (χ2n) is 6.49. The van der Waals surface area contributed by atoms with Crippen molar-refractivity contribution >= 4 is 27.4 Å². The van der Waals surface area contributed by atoms with Gasteiger partial charge in [0.2, 0.25) is 0 Å². The fourth-order valence-electron chi connectivity index (χ4n) is 3.15. The van der Waals surface area contributed by atoms with E-state index in [0.29, 0.717) is 6.61 Å². The molecule has 26 heavy (non-hydrogen) atoms. The van der Waals surface area contributed by atoms with E-state index in [1.165, 1.54) is 0 Å². The van der Waals surface area contributed by atoms with Gasteiger partial charge in [-0.1, -0.05) is 6.92 Å². The van der Waals surface area contributed by atoms with E-state index < -0.39 is 0 Å². The van der Waals surface area contributed by atoms with Gasteiger partial charge in [-0.2, -0.15) is 0 Å². The van der Waals surface area contributed by atoms with Crippen LogP contribution >= 0.6 is 11.3 Å². The molecule has 136 valence electrons. The minimum atomic E-state index is 0.715. The van der Waals surface area contributed by atoms with Gasteiger partial charge in [0.05, 0.1) is 30.0 Å². The molecule has 0 spiro atoms. The van der Waals surface area contributed by atoms with Gasteiger partial charge in [0.15, 0.2) is 11.6 Å². The summed E-state index contributed by atoms with van der Waals surface area (Å²) in [4.78, 5) is 12.1. The van der Waals surface area contributed by atoms with Crippen molar-refractivity contribution in [3.8, 4) is 17.1 Å². The summed E-state index contributed by atoms with van der Waals surface area (Å²) in [6, 6.07) is 8.29. The van der Waals surface area contributed by atoms with Gasteiger partial charge in [0.25, 0.3) is 0 Å². The summed E-state index contributed by atoms with van der Waals surface area (Å²) in [7, 11) is 0. The molecule has 0 unspecified atom stereocenters. The van der Waals surface area contributed by atoms with Crippen molar-refractivity contribution in [3.63, 3.8) is 0 Å². The molecule has 0 radical (unpaired) electrons. The van der Waals surface area contributed by atoms with E-state index in [-0.39, 0.29) is 0 Å². The molecular weight excluding hydrogens is 346 g/mol. The predicted molar refractivity (Wildman–Crippen MR) is 106 cm³/mol. The Morgan fingerprint density at radius 2 is 2.04 bits per heavy atom. The van der Waals surface area contributed by atoms with Crippen molar-refractivity contribution < 1.29 is 9.47 Å². The molecule has 5 nitrogen and oxygen atoms in total. The maximum atomic E-state index is 5.84. The van der Waals surface area contributed by atoms with Crippen LogP contribution in [0.25, 0.3) is 21.6 Å². The number of thiophene rings is 1. The zero-order valence-corrected chi connectivity index (χ0v) is 16.0. The van der Waals surface area contributed by atoms with Crippen LogP contribution in [0.3, 0.4) is 0 Å². The van der Waals surface area contributed by atoms with Crippen molar-refractivity contribution in [1.29, 1.82) is 0 Å². The maximum absolute atomic E-state index is 5.84. The number of hydrogen-bond acceptors (Lipinski definition) is 6. The number of aryl methyl sites for hydroxylation is 1. The molecule has 1 aromatic carbocycles. The maximum Gasteiger partial charge on any atom is 0.162 e. The second-order valence-corrected chi connectivity index (χ2v) is 7.40. The van der Waals surface area contributed by atoms with Crippen molar-refractivity contribution in [2.24, 2.45) is 0 Å². The Hall–Kier alpha value is -2.18. The van der Waals surface area contributed by atoms with Crippen LogP contribution in [0, 0.1) is 6.92 Å². The van der Waals surface area contributed by atoms with Gasteiger partial charge in [0.1, 0.15) is 5.75 Å². The summed E-state index contributed by atoms with van der Waals surface area (Å²) in [6.07, 6.45) is 0.988. The summed E-state index contributed by atoms with van der Waals surface area (Å²) in [5, 5.41) is 2.08. The number of benzene rings is 1. The van der Waals surface area contributed by atoms with Crippen molar-refractivity contribution in [2.75, 3.05) is 37.8 Å². The molecule has 0 bridgehead atoms. The largest absolute Gasteiger partial charge is 0.494 e. The van der Waals surface area contributed by atoms with Gasteiger partial charge in [-0.3, -0.25) is 0 Å². The molecule has 6 heteroatoms. The van der Waals surface area contributed by atoms with E-state index in [2.05, 4.69) is 42.3 Å². The van der Waals surface area contributed by atoms with E-state index in [4.69, 9.17) is 19.4 Å². The fourth-order valence-corrected chi connectivity index (χ4v) is 3.99. The van der Waals surface area contributed by atoms with Crippen LogP contribution in [0.4, 0.5) is 5.82 Å². The highest BCUT2D eigenvalue weighted by molar-refractivity contribution is 7.17. The lowest BCUT2D eigenvalue weighted by molar-refractivity contribution is 0.122. The van der Waals surface area contributed by atoms with Gasteiger partial charge in [-0.15, -0.1) is 11.3 Å². The molecule has 1 fully saturated rings. The zero-order valence-electron chi connectivity index (χ0n) is 15.2. The van der Waals surface area contributed by atoms with Crippen LogP contribution in [0.2, 0.25) is 0 Å². The van der Waals surface area contributed by atoms with Crippen LogP contribution in [0.1, 0.15) is 18.9 Å². The Labute approximate surface area is 157 Å². The predicted octanol–water partition coefficient (Wildman–Crippen LogP) is 4.29. The number of hydrogen-bond donors (Lipinski definition) is 0. The number of nitrogens with zero attached hydrogens (tertiary/aromatic N) is 3. The molecule has 0 atom stereocenters. The third-order valence-corrected chi connectivity index (χ3v) is 5.28. The first kappa shape index (κ1) is 17.2. The summed E-state index contributed by atoms with van der Waals surface area (Å²) < 4.78 is 12.5. The number of rotatable bonds is 5. The first-order valence-corrected chi connectivity index (χ1v) is 9.95. The van der Waals surface area contributed by atoms with Crippen molar-refractivity contribution in [3.05, 3.63) is 35.2 Å². The van der Waals surface area contributed by atoms with Crippen molar-refractivity contribution in [1.82, 2.24) is 9.97 Å². The fraction of sp³-hybridized carbons (Fsp3) is 0.400. The number of aromatic nitrogens is 2. The number of anilines is 1. The monoisotopic (exact) mass is 369 g/mol. The van der Waals surface area contributed by atoms with Crippen LogP contribution in [0.15, 0.2) is 29.6 Å². The Morgan fingerprint density at radius 3 is 2.85 bits per heavy atom. The third kappa shape index (κ3) is 3.52. The molecule has 0 N–H and O–H groups in total. The lowest BCUT2D eigenvalue weighted by atomic mass is 10.1. The molecule has 1 aliphatic heterocycles. The SMILES string of the molecule is CCCOc1cc(C)cc(-c2nc(N3CCOCC3)c3sccc3n2)c1. The number of morpholine rings is 1. The van der Waals surface area contributed by atoms with Crippen LogP contribution in [-0.4, -0.2) is 42.9 Å². The minimum absolute atomic E-state index is 0.715. The highest BCUT2D eigenvalue weighted by Crippen LogP contribution is 2.33. The molecule has 1 aliphatic rings. The van der Waals surface area contributed by atoms with Gasteiger partial charge in [-0.25, -0.2) is 9.97 Å². The molecule has 3 aromatic rings. The number of ether oxygens (including phenoxy) is 2. The Kier molecular flexibility index (Phi) is 5.04. The normalized spacial score (nSPS) is 14.8. The highest BCUT2D eigenvalue weighted by atomic mass is 32.1. The smallest absolute Gasteiger partial charge is 0.162 e. The zero-order chi connectivity index (χ0) is 17.9. The van der Waals surface area contributed by atoms with Crippen LogP contribution in [0.5, 0.6) is 5.75 Å². The quantitative estimate of drug-likeness (QED) is 0.671. The van der Waals surface area contributed by atoms with Gasteiger partial charge in [0, 0.05) is 18.7 Å².